The van der Waals surface area contributed by atoms with Gasteiger partial charge in [0.2, 0.25) is 0 Å². The monoisotopic (exact) mass is 260 g/mol. The van der Waals surface area contributed by atoms with Crippen molar-refractivity contribution in [3.8, 4) is 0 Å². The van der Waals surface area contributed by atoms with Gasteiger partial charge in [0.1, 0.15) is 0 Å². The second-order valence-electron chi connectivity index (χ2n) is 2.03. The quantitative estimate of drug-likeness (QED) is 0.475. The van der Waals surface area contributed by atoms with Crippen LogP contribution in [0.25, 0.3) is 0 Å². The molecule has 11 heteroatoms. The topological polar surface area (TPSA) is 63.6 Å². The molecule has 0 aromatic carbocycles. The largest absolute Gasteiger partial charge is 0.482 e. The summed E-state index contributed by atoms with van der Waals surface area (Å²) in [4.78, 5) is 0. The van der Waals surface area contributed by atoms with E-state index in [-0.39, 0.29) is 0 Å². The Labute approximate surface area is 78.9 Å². The molecule has 0 rings (SSSR count). The molecule has 0 amide bonds. The Hall–Kier alpha value is -0.970. The van der Waals surface area contributed by atoms with E-state index in [4.69, 9.17) is 4.55 Å². The van der Waals surface area contributed by atoms with Crippen molar-refractivity contribution in [2.75, 3.05) is 0 Å². The number of rotatable bonds is 4. The Morgan fingerprint density at radius 2 is 1.60 bits per heavy atom. The lowest BCUT2D eigenvalue weighted by molar-refractivity contribution is -0.295. The molecule has 0 spiro atoms. The summed E-state index contributed by atoms with van der Waals surface area (Å²) in [6.07, 6.45) is -9.77. The third-order valence-electron chi connectivity index (χ3n) is 0.959. The van der Waals surface area contributed by atoms with Crippen molar-refractivity contribution >= 4 is 10.1 Å². The number of hydrogen-bond acceptors (Lipinski definition) is 3. The minimum Gasteiger partial charge on any atom is -0.429 e. The molecule has 0 heterocycles. The number of alkyl halides is 4. The predicted molar refractivity (Wildman–Crippen MR) is 32.8 cm³/mol. The average molecular weight is 260 g/mol. The van der Waals surface area contributed by atoms with Crippen molar-refractivity contribution in [2.24, 2.45) is 0 Å². The zero-order chi connectivity index (χ0) is 12.5. The zero-order valence-electron chi connectivity index (χ0n) is 6.43. The number of ether oxygens (including phenoxy) is 1. The summed E-state index contributed by atoms with van der Waals surface area (Å²) in [5.41, 5.74) is 0. The molecule has 0 bridgehead atoms. The molecule has 0 aliphatic heterocycles. The van der Waals surface area contributed by atoms with E-state index in [1.165, 1.54) is 0 Å². The fraction of sp³-hybridized carbons (Fsp3) is 0.500. The van der Waals surface area contributed by atoms with Crippen LogP contribution in [-0.2, 0) is 14.9 Å². The molecule has 0 radical (unpaired) electrons. The molecule has 15 heavy (non-hydrogen) atoms. The Bertz CT molecular complexity index is 355. The summed E-state index contributed by atoms with van der Waals surface area (Å²) in [6, 6.07) is 0. The highest BCUT2D eigenvalue weighted by Gasteiger charge is 2.68. The highest BCUT2D eigenvalue weighted by molar-refractivity contribution is 7.86. The lowest BCUT2D eigenvalue weighted by Gasteiger charge is -2.21. The van der Waals surface area contributed by atoms with Gasteiger partial charge < -0.3 is 4.74 Å². The smallest absolute Gasteiger partial charge is 0.429 e. The summed E-state index contributed by atoms with van der Waals surface area (Å²) in [5.74, 6) is 0. The van der Waals surface area contributed by atoms with Crippen LogP contribution >= 0.6 is 0 Å². The molecule has 0 fully saturated rings. The van der Waals surface area contributed by atoms with Gasteiger partial charge in [0.25, 0.3) is 0 Å². The van der Waals surface area contributed by atoms with Crippen LogP contribution in [0.15, 0.2) is 12.3 Å². The van der Waals surface area contributed by atoms with Crippen LogP contribution in [0.5, 0.6) is 0 Å². The van der Waals surface area contributed by atoms with Crippen LogP contribution in [0.1, 0.15) is 0 Å². The van der Waals surface area contributed by atoms with Crippen molar-refractivity contribution in [2.45, 2.75) is 11.4 Å². The van der Waals surface area contributed by atoms with Gasteiger partial charge in [0.05, 0.1) is 0 Å². The second kappa shape index (κ2) is 3.89. The van der Waals surface area contributed by atoms with Crippen molar-refractivity contribution in [1.82, 2.24) is 0 Å². The molecule has 1 N–H and O–H groups in total. The van der Waals surface area contributed by atoms with Crippen molar-refractivity contribution < 1.29 is 44.0 Å². The van der Waals surface area contributed by atoms with Gasteiger partial charge in [-0.2, -0.15) is 34.8 Å². The van der Waals surface area contributed by atoms with E-state index in [0.29, 0.717) is 0 Å². The first-order valence-corrected chi connectivity index (χ1v) is 4.27. The molecule has 0 atom stereocenters. The standard InChI is InChI=1S/C4H2F6O4S/c5-2(6)1-14-3(7,8)4(9,10)15(11,12)13/h1H,(H,11,12,13). The van der Waals surface area contributed by atoms with Gasteiger partial charge in [-0.3, -0.25) is 4.55 Å². The number of hydrogen-bond donors (Lipinski definition) is 1. The van der Waals surface area contributed by atoms with Crippen LogP contribution in [0.2, 0.25) is 0 Å². The van der Waals surface area contributed by atoms with E-state index < -0.39 is 33.8 Å². The maximum Gasteiger partial charge on any atom is 0.482 e. The molecule has 0 aliphatic carbocycles. The molecule has 0 saturated heterocycles. The Morgan fingerprint density at radius 1 is 1.20 bits per heavy atom. The predicted octanol–water partition coefficient (Wildman–Crippen LogP) is 1.81. The van der Waals surface area contributed by atoms with E-state index >= 15 is 0 Å². The maximum atomic E-state index is 12.2. The van der Waals surface area contributed by atoms with Gasteiger partial charge in [-0.1, -0.05) is 0 Å². The molecular weight excluding hydrogens is 258 g/mol. The van der Waals surface area contributed by atoms with Crippen LogP contribution in [0, 0.1) is 0 Å². The Kier molecular flexibility index (Phi) is 3.63. The molecular formula is C4H2F6O4S. The fourth-order valence-electron chi connectivity index (χ4n) is 0.337. The SMILES string of the molecule is O=S(=O)(O)C(F)(F)C(F)(F)OC=C(F)F. The minimum absolute atomic E-state index is 1.07. The summed E-state index contributed by atoms with van der Waals surface area (Å²) < 4.78 is 101. The van der Waals surface area contributed by atoms with Gasteiger partial charge in [0, 0.05) is 0 Å². The first-order chi connectivity index (χ1) is 6.42. The lowest BCUT2D eigenvalue weighted by Crippen LogP contribution is -2.47. The summed E-state index contributed by atoms with van der Waals surface area (Å²) in [7, 11) is -6.49. The molecule has 0 saturated carbocycles. The molecule has 0 unspecified atom stereocenters. The highest BCUT2D eigenvalue weighted by Crippen LogP contribution is 2.39. The van der Waals surface area contributed by atoms with Crippen molar-refractivity contribution in [3.63, 3.8) is 0 Å². The van der Waals surface area contributed by atoms with E-state index in [1.54, 1.807) is 0 Å². The van der Waals surface area contributed by atoms with Gasteiger partial charge in [-0.25, -0.2) is 0 Å². The minimum atomic E-state index is -6.49. The van der Waals surface area contributed by atoms with E-state index in [2.05, 4.69) is 4.74 Å². The van der Waals surface area contributed by atoms with Crippen LogP contribution in [-0.4, -0.2) is 24.3 Å². The zero-order valence-corrected chi connectivity index (χ0v) is 7.24. The van der Waals surface area contributed by atoms with Gasteiger partial charge in [-0.05, 0) is 0 Å². The Morgan fingerprint density at radius 3 is 1.87 bits per heavy atom. The second-order valence-corrected chi connectivity index (χ2v) is 3.50. The van der Waals surface area contributed by atoms with Crippen molar-refractivity contribution in [3.05, 3.63) is 12.3 Å². The number of halogens is 6. The van der Waals surface area contributed by atoms with Crippen molar-refractivity contribution in [1.29, 1.82) is 0 Å². The maximum absolute atomic E-state index is 12.2. The van der Waals surface area contributed by atoms with E-state index in [1.807, 2.05) is 0 Å². The van der Waals surface area contributed by atoms with E-state index in [9.17, 15) is 34.8 Å². The van der Waals surface area contributed by atoms with Crippen LogP contribution < -0.4 is 0 Å². The molecule has 0 aromatic heterocycles. The molecule has 0 aliphatic rings. The van der Waals surface area contributed by atoms with E-state index in [0.717, 1.165) is 0 Å². The molecule has 0 aromatic rings. The molecule has 90 valence electrons. The van der Waals surface area contributed by atoms with Gasteiger partial charge >= 0.3 is 27.6 Å². The first-order valence-electron chi connectivity index (χ1n) is 2.83. The first kappa shape index (κ1) is 14.0. The third-order valence-corrected chi connectivity index (χ3v) is 1.84. The summed E-state index contributed by atoms with van der Waals surface area (Å²) in [5, 5.41) is -6.04. The van der Waals surface area contributed by atoms with Gasteiger partial charge in [0.15, 0.2) is 6.26 Å². The third kappa shape index (κ3) is 2.99. The molecule has 4 nitrogen and oxygen atoms in total. The Balaban J connectivity index is 5.12. The summed E-state index contributed by atoms with van der Waals surface area (Å²) >= 11 is 0. The average Bonchev–Trinajstić information content (AvgIpc) is 1.98. The van der Waals surface area contributed by atoms with Crippen LogP contribution in [0.4, 0.5) is 26.3 Å². The highest BCUT2D eigenvalue weighted by atomic mass is 32.2. The normalized spacial score (nSPS) is 13.5. The van der Waals surface area contributed by atoms with Crippen LogP contribution in [0.3, 0.4) is 0 Å². The van der Waals surface area contributed by atoms with Gasteiger partial charge in [-0.15, -0.1) is 0 Å². The fourth-order valence-corrected chi connectivity index (χ4v) is 0.686. The summed E-state index contributed by atoms with van der Waals surface area (Å²) in [6.45, 7) is 0. The lowest BCUT2D eigenvalue weighted by atomic mass is 10.6.